The van der Waals surface area contributed by atoms with Gasteiger partial charge < -0.3 is 10.1 Å². The van der Waals surface area contributed by atoms with Gasteiger partial charge in [-0.3, -0.25) is 9.59 Å². The van der Waals surface area contributed by atoms with Crippen LogP contribution in [-0.2, 0) is 9.53 Å². The van der Waals surface area contributed by atoms with Crippen molar-refractivity contribution in [2.75, 3.05) is 11.9 Å². The monoisotopic (exact) mass is 364 g/mol. The van der Waals surface area contributed by atoms with E-state index in [0.717, 1.165) is 11.3 Å². The average Bonchev–Trinajstić information content (AvgIpc) is 2.94. The van der Waals surface area contributed by atoms with E-state index in [0.29, 0.717) is 16.1 Å². The Balaban J connectivity index is 1.90. The molecule has 2 aromatic rings. The van der Waals surface area contributed by atoms with E-state index in [1.165, 1.54) is 24.3 Å². The standard InChI is InChI=1S/C17H17FN2O4S/c1-3-24-16(23)15-10(2)19-17(25-15)20-14(22)9-8-13(21)11-4-6-12(18)7-5-11/h4-7H,3,8-9H2,1-2H3,(H,19,20,22). The van der Waals surface area contributed by atoms with Gasteiger partial charge in [0.25, 0.3) is 0 Å². The lowest BCUT2D eigenvalue weighted by Crippen LogP contribution is -2.13. The van der Waals surface area contributed by atoms with Crippen molar-refractivity contribution in [3.63, 3.8) is 0 Å². The first-order valence-electron chi connectivity index (χ1n) is 7.64. The second-order valence-electron chi connectivity index (χ2n) is 5.13. The van der Waals surface area contributed by atoms with Crippen molar-refractivity contribution in [2.45, 2.75) is 26.7 Å². The molecule has 1 N–H and O–H groups in total. The Hall–Kier alpha value is -2.61. The average molecular weight is 364 g/mol. The summed E-state index contributed by atoms with van der Waals surface area (Å²) in [6, 6.07) is 5.15. The lowest BCUT2D eigenvalue weighted by Gasteiger charge is -2.02. The number of carbonyl (C=O) groups is 3. The zero-order valence-corrected chi connectivity index (χ0v) is 14.6. The molecule has 0 atom stereocenters. The molecule has 0 bridgehead atoms. The summed E-state index contributed by atoms with van der Waals surface area (Å²) in [5, 5.41) is 2.84. The number of Topliss-reactive ketones (excluding diaryl/α,β-unsaturated/α-hetero) is 1. The normalized spacial score (nSPS) is 10.4. The minimum Gasteiger partial charge on any atom is -0.462 e. The molecule has 1 heterocycles. The number of hydrogen-bond donors (Lipinski definition) is 1. The topological polar surface area (TPSA) is 85.4 Å². The third-order valence-electron chi connectivity index (χ3n) is 3.25. The van der Waals surface area contributed by atoms with E-state index in [2.05, 4.69) is 10.3 Å². The van der Waals surface area contributed by atoms with E-state index in [9.17, 15) is 18.8 Å². The van der Waals surface area contributed by atoms with E-state index in [4.69, 9.17) is 4.74 Å². The predicted octanol–water partition coefficient (Wildman–Crippen LogP) is 3.37. The van der Waals surface area contributed by atoms with Gasteiger partial charge in [-0.15, -0.1) is 0 Å². The van der Waals surface area contributed by atoms with E-state index in [1.807, 2.05) is 0 Å². The van der Waals surface area contributed by atoms with Crippen LogP contribution in [0, 0.1) is 12.7 Å². The van der Waals surface area contributed by atoms with E-state index in [1.54, 1.807) is 13.8 Å². The fraction of sp³-hybridized carbons (Fsp3) is 0.294. The molecule has 0 spiro atoms. The minimum absolute atomic E-state index is 0.00738. The molecule has 0 aliphatic carbocycles. The van der Waals surface area contributed by atoms with Crippen molar-refractivity contribution >= 4 is 34.1 Å². The van der Waals surface area contributed by atoms with Gasteiger partial charge in [0.1, 0.15) is 10.7 Å². The Morgan fingerprint density at radius 2 is 1.88 bits per heavy atom. The summed E-state index contributed by atoms with van der Waals surface area (Å²) in [5.41, 5.74) is 0.824. The van der Waals surface area contributed by atoms with Crippen LogP contribution < -0.4 is 5.32 Å². The fourth-order valence-corrected chi connectivity index (χ4v) is 2.90. The number of carbonyl (C=O) groups excluding carboxylic acids is 3. The number of esters is 1. The summed E-state index contributed by atoms with van der Waals surface area (Å²) in [6.45, 7) is 3.61. The Morgan fingerprint density at radius 3 is 2.52 bits per heavy atom. The predicted molar refractivity (Wildman–Crippen MR) is 91.4 cm³/mol. The highest BCUT2D eigenvalue weighted by Gasteiger charge is 2.18. The molecular weight excluding hydrogens is 347 g/mol. The molecule has 1 aromatic heterocycles. The smallest absolute Gasteiger partial charge is 0.350 e. The van der Waals surface area contributed by atoms with Gasteiger partial charge in [0.05, 0.1) is 12.3 Å². The third kappa shape index (κ3) is 5.18. The number of thiazole rings is 1. The lowest BCUT2D eigenvalue weighted by molar-refractivity contribution is -0.116. The van der Waals surface area contributed by atoms with Crippen LogP contribution >= 0.6 is 11.3 Å². The number of aryl methyl sites for hydroxylation is 1. The molecule has 0 fully saturated rings. The molecule has 0 aliphatic rings. The molecule has 0 unspecified atom stereocenters. The molecule has 0 saturated carbocycles. The molecule has 25 heavy (non-hydrogen) atoms. The fourth-order valence-electron chi connectivity index (χ4n) is 2.02. The SMILES string of the molecule is CCOC(=O)c1sc(NC(=O)CCC(=O)c2ccc(F)cc2)nc1C. The van der Waals surface area contributed by atoms with Crippen LogP contribution in [0.15, 0.2) is 24.3 Å². The first kappa shape index (κ1) is 18.7. The van der Waals surface area contributed by atoms with Crippen LogP contribution in [0.5, 0.6) is 0 Å². The van der Waals surface area contributed by atoms with Crippen LogP contribution in [0.2, 0.25) is 0 Å². The first-order valence-corrected chi connectivity index (χ1v) is 8.45. The number of halogens is 1. The molecule has 0 saturated heterocycles. The quantitative estimate of drug-likeness (QED) is 0.601. The summed E-state index contributed by atoms with van der Waals surface area (Å²) >= 11 is 1.02. The minimum atomic E-state index is -0.482. The molecular formula is C17H17FN2O4S. The molecule has 1 amide bonds. The molecule has 132 valence electrons. The number of nitrogens with one attached hydrogen (secondary N) is 1. The number of benzene rings is 1. The van der Waals surface area contributed by atoms with Crippen molar-refractivity contribution in [1.82, 2.24) is 4.98 Å². The summed E-state index contributed by atoms with van der Waals surface area (Å²) in [4.78, 5) is 40.1. The number of ether oxygens (including phenoxy) is 1. The van der Waals surface area contributed by atoms with Crippen molar-refractivity contribution < 1.29 is 23.5 Å². The van der Waals surface area contributed by atoms with Crippen LogP contribution in [0.3, 0.4) is 0 Å². The van der Waals surface area contributed by atoms with Crippen LogP contribution in [0.4, 0.5) is 9.52 Å². The summed E-state index contributed by atoms with van der Waals surface area (Å²) in [6.07, 6.45) is -0.0455. The highest BCUT2D eigenvalue weighted by molar-refractivity contribution is 7.17. The van der Waals surface area contributed by atoms with Gasteiger partial charge in [-0.1, -0.05) is 11.3 Å². The molecule has 6 nitrogen and oxygen atoms in total. The highest BCUT2D eigenvalue weighted by Crippen LogP contribution is 2.23. The van der Waals surface area contributed by atoms with Crippen LogP contribution in [0.25, 0.3) is 0 Å². The number of rotatable bonds is 7. The lowest BCUT2D eigenvalue weighted by atomic mass is 10.1. The van der Waals surface area contributed by atoms with Crippen molar-refractivity contribution in [3.8, 4) is 0 Å². The largest absolute Gasteiger partial charge is 0.462 e. The Labute approximate surface area is 148 Å². The van der Waals surface area contributed by atoms with Gasteiger partial charge in [0.2, 0.25) is 5.91 Å². The van der Waals surface area contributed by atoms with Gasteiger partial charge in [-0.2, -0.15) is 0 Å². The maximum absolute atomic E-state index is 12.8. The Bertz CT molecular complexity index is 786. The van der Waals surface area contributed by atoms with Gasteiger partial charge in [-0.25, -0.2) is 14.2 Å². The molecule has 1 aromatic carbocycles. The number of anilines is 1. The summed E-state index contributed by atoms with van der Waals surface area (Å²) < 4.78 is 17.7. The third-order valence-corrected chi connectivity index (χ3v) is 4.30. The molecule has 2 rings (SSSR count). The Kier molecular flexibility index (Phi) is 6.35. The number of ketones is 1. The number of amides is 1. The van der Waals surface area contributed by atoms with E-state index < -0.39 is 11.8 Å². The van der Waals surface area contributed by atoms with Crippen molar-refractivity contribution in [3.05, 3.63) is 46.2 Å². The van der Waals surface area contributed by atoms with Crippen LogP contribution in [0.1, 0.15) is 45.5 Å². The molecule has 8 heteroatoms. The maximum Gasteiger partial charge on any atom is 0.350 e. The zero-order valence-electron chi connectivity index (χ0n) is 13.8. The highest BCUT2D eigenvalue weighted by atomic mass is 32.1. The van der Waals surface area contributed by atoms with Gasteiger partial charge in [0.15, 0.2) is 10.9 Å². The summed E-state index contributed by atoms with van der Waals surface area (Å²) in [7, 11) is 0. The second kappa shape index (κ2) is 8.48. The van der Waals surface area contributed by atoms with Crippen molar-refractivity contribution in [2.24, 2.45) is 0 Å². The van der Waals surface area contributed by atoms with Crippen molar-refractivity contribution in [1.29, 1.82) is 0 Å². The maximum atomic E-state index is 12.8. The van der Waals surface area contributed by atoms with Gasteiger partial charge in [-0.05, 0) is 38.1 Å². The number of aromatic nitrogens is 1. The summed E-state index contributed by atoms with van der Waals surface area (Å²) in [5.74, 6) is -1.55. The van der Waals surface area contributed by atoms with Crippen LogP contribution in [-0.4, -0.2) is 29.3 Å². The molecule has 0 radical (unpaired) electrons. The van der Waals surface area contributed by atoms with Gasteiger partial charge >= 0.3 is 5.97 Å². The second-order valence-corrected chi connectivity index (χ2v) is 6.13. The molecule has 0 aliphatic heterocycles. The zero-order chi connectivity index (χ0) is 18.4. The number of nitrogens with zero attached hydrogens (tertiary/aromatic N) is 1. The Morgan fingerprint density at radius 1 is 1.20 bits per heavy atom. The number of hydrogen-bond acceptors (Lipinski definition) is 6. The van der Waals surface area contributed by atoms with Gasteiger partial charge in [0, 0.05) is 18.4 Å². The van der Waals surface area contributed by atoms with E-state index >= 15 is 0 Å². The first-order chi connectivity index (χ1) is 11.9. The van der Waals surface area contributed by atoms with E-state index in [-0.39, 0.29) is 36.3 Å².